The van der Waals surface area contributed by atoms with Gasteiger partial charge in [0, 0.05) is 30.9 Å². The van der Waals surface area contributed by atoms with E-state index in [1.54, 1.807) is 26.0 Å². The van der Waals surface area contributed by atoms with Crippen molar-refractivity contribution in [3.05, 3.63) is 90.0 Å². The number of aromatic hydroxyl groups is 1. The smallest absolute Gasteiger partial charge is 0.246 e. The quantitative estimate of drug-likeness (QED) is 0.0371. The molecule has 25 nitrogen and oxygen atoms in total. The third kappa shape index (κ3) is 20.5. The number of phenols is 1. The number of amides is 11. The van der Waals surface area contributed by atoms with Gasteiger partial charge in [0.05, 0.1) is 24.4 Å². The minimum Gasteiger partial charge on any atom is -0.508 e. The van der Waals surface area contributed by atoms with Crippen molar-refractivity contribution in [2.45, 2.75) is 133 Å². The molecule has 0 bridgehead atoms. The summed E-state index contributed by atoms with van der Waals surface area (Å²) in [6.07, 6.45) is -0.670. The van der Waals surface area contributed by atoms with Crippen molar-refractivity contribution in [2.75, 3.05) is 24.6 Å². The van der Waals surface area contributed by atoms with Crippen molar-refractivity contribution in [3.8, 4) is 17.2 Å². The Bertz CT molecular complexity index is 2780. The van der Waals surface area contributed by atoms with Crippen LogP contribution < -0.4 is 64.5 Å². The summed E-state index contributed by atoms with van der Waals surface area (Å²) < 4.78 is 5.92. The van der Waals surface area contributed by atoms with Crippen molar-refractivity contribution < 1.29 is 62.6 Å². The Hall–Kier alpha value is -7.91. The second kappa shape index (κ2) is 32.1. The highest BCUT2D eigenvalue weighted by atomic mass is 32.2. The number of phenolic OH excluding ortho intramolecular Hbond substituents is 1. The van der Waals surface area contributed by atoms with E-state index in [-0.39, 0.29) is 48.6 Å². The maximum Gasteiger partial charge on any atom is 0.246 e. The lowest BCUT2D eigenvalue weighted by Gasteiger charge is -2.30. The summed E-state index contributed by atoms with van der Waals surface area (Å²) in [5.74, 6) is -8.49. The van der Waals surface area contributed by atoms with Gasteiger partial charge in [-0.05, 0) is 85.0 Å². The Balaban J connectivity index is 1.28. The third-order valence-corrected chi connectivity index (χ3v) is 15.5. The summed E-state index contributed by atoms with van der Waals surface area (Å²) in [5, 5.41) is 31.1. The molecule has 27 heteroatoms. The van der Waals surface area contributed by atoms with Crippen molar-refractivity contribution in [1.82, 2.24) is 47.4 Å². The zero-order valence-corrected chi connectivity index (χ0v) is 48.4. The molecule has 5 rings (SSSR count). The van der Waals surface area contributed by atoms with Crippen LogP contribution in [0.1, 0.15) is 89.1 Å². The largest absolute Gasteiger partial charge is 0.508 e. The second-order valence-electron chi connectivity index (χ2n) is 20.8. The van der Waals surface area contributed by atoms with Gasteiger partial charge >= 0.3 is 0 Å². The zero-order valence-electron chi connectivity index (χ0n) is 46.7. The van der Waals surface area contributed by atoms with E-state index in [0.29, 0.717) is 35.7 Å². The summed E-state index contributed by atoms with van der Waals surface area (Å²) in [7, 11) is 0. The Labute approximate surface area is 491 Å². The van der Waals surface area contributed by atoms with Gasteiger partial charge in [0.15, 0.2) is 0 Å². The van der Waals surface area contributed by atoms with Gasteiger partial charge < -0.3 is 69.2 Å². The van der Waals surface area contributed by atoms with Gasteiger partial charge in [-0.1, -0.05) is 76.6 Å². The summed E-state index contributed by atoms with van der Waals surface area (Å²) in [4.78, 5) is 149. The predicted octanol–water partition coefficient (Wildman–Crippen LogP) is -0.205. The number of rotatable bonds is 31. The third-order valence-electron chi connectivity index (χ3n) is 13.8. The highest BCUT2D eigenvalue weighted by molar-refractivity contribution is 7.99. The molecule has 15 N–H and O–H groups in total. The highest BCUT2D eigenvalue weighted by Crippen LogP contribution is 2.34. The standard InChI is InChI=1S/C56H76N12O13S2/c1-5-31(4)47(67-51(76)39(25-32-13-17-34(69)18-14-32)62-52(77)42-29-83-55(66-42)33-15-19-36(20-16-33)81-35-10-7-6-8-11-35)54(79)61-37(21-22-44(57)70)49(74)63-40(26-45(58)71)50(75)65-41(28-82)56(80)68-23-9-12-43(68)53(78)64-38(24-30(2)3)48(73)60-27-46(59)72/h6-8,10-11,13-20,30-31,37-43,47,55,66,69,82H,5,9,12,21-29H2,1-4H3,(H2,57,70)(H2,58,71)(H2,59,72)(H,60,73)(H,61,79)(H,62,77)(H,63,74)(H,64,78)(H,65,75)(H,67,76). The van der Waals surface area contributed by atoms with Crippen LogP contribution in [0.3, 0.4) is 0 Å². The number of nitrogens with zero attached hydrogens (tertiary/aromatic N) is 1. The lowest BCUT2D eigenvalue weighted by Crippen LogP contribution is -2.61. The molecule has 0 radical (unpaired) electrons. The number of nitrogens with one attached hydrogen (secondary N) is 8. The zero-order chi connectivity index (χ0) is 60.9. The molecular weight excluding hydrogens is 1110 g/mol. The van der Waals surface area contributed by atoms with Gasteiger partial charge in [-0.2, -0.15) is 12.6 Å². The lowest BCUT2D eigenvalue weighted by atomic mass is 9.96. The maximum absolute atomic E-state index is 14.4. The first-order chi connectivity index (χ1) is 39.5. The molecule has 2 heterocycles. The molecule has 0 saturated carbocycles. The van der Waals surface area contributed by atoms with Gasteiger partial charge in [0.2, 0.25) is 65.0 Å². The van der Waals surface area contributed by atoms with Crippen LogP contribution in [0, 0.1) is 11.8 Å². The Morgan fingerprint density at radius 1 is 0.699 bits per heavy atom. The molecule has 3 aromatic carbocycles. The van der Waals surface area contributed by atoms with E-state index in [2.05, 4.69) is 55.2 Å². The first-order valence-corrected chi connectivity index (χ1v) is 29.0. The van der Waals surface area contributed by atoms with Crippen molar-refractivity contribution in [1.29, 1.82) is 0 Å². The van der Waals surface area contributed by atoms with E-state index in [4.69, 9.17) is 21.9 Å². The number of carbonyl (C=O) groups excluding carboxylic acids is 11. The molecule has 2 saturated heterocycles. The number of thiol groups is 1. The van der Waals surface area contributed by atoms with Gasteiger partial charge in [-0.3, -0.25) is 58.1 Å². The van der Waals surface area contributed by atoms with Crippen LogP contribution in [-0.4, -0.2) is 148 Å². The number of likely N-dealkylation sites (tertiary alicyclic amines) is 1. The van der Waals surface area contributed by atoms with Crippen LogP contribution >= 0.6 is 24.4 Å². The van der Waals surface area contributed by atoms with Crippen LogP contribution in [0.4, 0.5) is 0 Å². The van der Waals surface area contributed by atoms with Crippen molar-refractivity contribution >= 4 is 89.4 Å². The van der Waals surface area contributed by atoms with E-state index in [1.165, 1.54) is 28.8 Å². The Morgan fingerprint density at radius 3 is 1.93 bits per heavy atom. The topological polar surface area (TPSA) is 395 Å². The average Bonchev–Trinajstić information content (AvgIpc) is 4.32. The van der Waals surface area contributed by atoms with Gasteiger partial charge in [-0.25, -0.2) is 0 Å². The van der Waals surface area contributed by atoms with E-state index in [0.717, 1.165) is 5.56 Å². The second-order valence-corrected chi connectivity index (χ2v) is 22.3. The van der Waals surface area contributed by atoms with Crippen LogP contribution in [0.5, 0.6) is 17.2 Å². The number of ether oxygens (including phenoxy) is 1. The van der Waals surface area contributed by atoms with Crippen LogP contribution in [-0.2, 0) is 59.2 Å². The van der Waals surface area contributed by atoms with Crippen molar-refractivity contribution in [2.24, 2.45) is 29.0 Å². The van der Waals surface area contributed by atoms with Gasteiger partial charge in [-0.15, -0.1) is 11.8 Å². The monoisotopic (exact) mass is 1190 g/mol. The molecule has 83 heavy (non-hydrogen) atoms. The number of primary amides is 3. The number of nitrogens with two attached hydrogens (primary N) is 3. The summed E-state index contributed by atoms with van der Waals surface area (Å²) in [5.41, 5.74) is 17.6. The molecule has 10 unspecified atom stereocenters. The fourth-order valence-electron chi connectivity index (χ4n) is 9.18. The fraction of sp³-hybridized carbons (Fsp3) is 0.482. The van der Waals surface area contributed by atoms with Crippen LogP contribution in [0.2, 0.25) is 0 Å². The number of carbonyl (C=O) groups is 11. The average molecular weight is 1190 g/mol. The molecule has 2 aliphatic heterocycles. The molecule has 0 aliphatic carbocycles. The number of benzene rings is 3. The molecule has 2 fully saturated rings. The number of hydrogen-bond donors (Lipinski definition) is 13. The van der Waals surface area contributed by atoms with E-state index in [1.807, 2.05) is 68.4 Å². The summed E-state index contributed by atoms with van der Waals surface area (Å²) >= 11 is 5.76. The fourth-order valence-corrected chi connectivity index (χ4v) is 10.7. The SMILES string of the molecule is CCC(C)C(NC(=O)C(Cc1ccc(O)cc1)NC(=O)C1CSC(c2ccc(Oc3ccccc3)cc2)N1)C(=O)NC(CCC(N)=O)C(=O)NC(CC(N)=O)C(=O)NC(CS)C(=O)N1CCCC1C(=O)NC(CC(C)C)C(=O)NCC(N)=O. The Kier molecular flexibility index (Phi) is 25.5. The predicted molar refractivity (Wildman–Crippen MR) is 310 cm³/mol. The van der Waals surface area contributed by atoms with Crippen LogP contribution in [0.25, 0.3) is 0 Å². The number of thioether (sulfide) groups is 1. The number of para-hydroxylation sites is 1. The molecule has 3 aromatic rings. The molecular formula is C56H76N12O13S2. The number of hydrogen-bond acceptors (Lipinski definition) is 16. The highest BCUT2D eigenvalue weighted by Gasteiger charge is 2.41. The van der Waals surface area contributed by atoms with E-state index in [9.17, 15) is 57.8 Å². The Morgan fingerprint density at radius 2 is 1.31 bits per heavy atom. The summed E-state index contributed by atoms with van der Waals surface area (Å²) in [6.45, 7) is 6.67. The minimum absolute atomic E-state index is 0.0324. The molecule has 0 spiro atoms. The first kappa shape index (κ1) is 65.9. The summed E-state index contributed by atoms with van der Waals surface area (Å²) in [6, 6.07) is 12.4. The molecule has 11 amide bonds. The van der Waals surface area contributed by atoms with E-state index < -0.39 is 145 Å². The van der Waals surface area contributed by atoms with Gasteiger partial charge in [0.1, 0.15) is 59.5 Å². The van der Waals surface area contributed by atoms with Crippen molar-refractivity contribution in [3.63, 3.8) is 0 Å². The molecule has 450 valence electrons. The lowest BCUT2D eigenvalue weighted by molar-refractivity contribution is -0.142. The maximum atomic E-state index is 14.4. The minimum atomic E-state index is -1.77. The van der Waals surface area contributed by atoms with E-state index >= 15 is 0 Å². The normalized spacial score (nSPS) is 18.1. The van der Waals surface area contributed by atoms with Crippen LogP contribution in [0.15, 0.2) is 78.9 Å². The molecule has 10 atom stereocenters. The first-order valence-electron chi connectivity index (χ1n) is 27.3. The molecule has 2 aliphatic rings. The van der Waals surface area contributed by atoms with Gasteiger partial charge in [0.25, 0.3) is 0 Å². The molecule has 0 aromatic heterocycles.